The van der Waals surface area contributed by atoms with E-state index in [1.165, 1.54) is 13.3 Å². The fourth-order valence-corrected chi connectivity index (χ4v) is 0.643. The smallest absolute Gasteiger partial charge is 0.317 e. The minimum absolute atomic E-state index is 0.0765. The summed E-state index contributed by atoms with van der Waals surface area (Å²) < 4.78 is 4.41. The summed E-state index contributed by atoms with van der Waals surface area (Å²) in [5.74, 6) is 4.96. The van der Waals surface area contributed by atoms with Crippen LogP contribution in [-0.4, -0.2) is 23.0 Å². The largest absolute Gasteiger partial charge is 0.468 e. The van der Waals surface area contributed by atoms with E-state index in [-0.39, 0.29) is 12.4 Å². The lowest BCUT2D eigenvalue weighted by Crippen LogP contribution is -1.97. The molecule has 0 amide bonds. The molecule has 0 saturated carbocycles. The fraction of sp³-hybridized carbons (Fsp3) is 0.222. The number of carbonyl (C=O) groups is 1. The number of aromatic nitrogens is 2. The summed E-state index contributed by atoms with van der Waals surface area (Å²) >= 11 is 0. The Morgan fingerprint density at radius 2 is 2.46 bits per heavy atom. The maximum atomic E-state index is 10.6. The first-order valence-electron chi connectivity index (χ1n) is 3.64. The predicted molar refractivity (Wildman–Crippen MR) is 45.5 cm³/mol. The van der Waals surface area contributed by atoms with Crippen LogP contribution in [0.4, 0.5) is 0 Å². The fourth-order valence-electron chi connectivity index (χ4n) is 0.643. The van der Waals surface area contributed by atoms with Crippen molar-refractivity contribution in [3.8, 4) is 11.8 Å². The van der Waals surface area contributed by atoms with Gasteiger partial charge in [0.1, 0.15) is 12.1 Å². The quantitative estimate of drug-likeness (QED) is 0.459. The molecule has 0 saturated heterocycles. The van der Waals surface area contributed by atoms with Gasteiger partial charge in [0.15, 0.2) is 0 Å². The third-order valence-corrected chi connectivity index (χ3v) is 1.24. The van der Waals surface area contributed by atoms with E-state index in [0.717, 1.165) is 0 Å². The summed E-state index contributed by atoms with van der Waals surface area (Å²) in [6.07, 6.45) is 4.71. The summed E-state index contributed by atoms with van der Waals surface area (Å²) in [5.41, 5.74) is 0.548. The molecule has 0 atom stereocenters. The standard InChI is InChI=1S/C9H8N2O2/c1-13-9(12)4-2-3-8-7-10-5-6-11-8/h5-7H,4H2,1H3. The van der Waals surface area contributed by atoms with Crippen molar-refractivity contribution in [3.63, 3.8) is 0 Å². The van der Waals surface area contributed by atoms with E-state index in [9.17, 15) is 4.79 Å². The van der Waals surface area contributed by atoms with Crippen LogP contribution in [0.25, 0.3) is 0 Å². The molecule has 0 bridgehead atoms. The lowest BCUT2D eigenvalue weighted by molar-refractivity contribution is -0.139. The summed E-state index contributed by atoms with van der Waals surface area (Å²) in [5, 5.41) is 0. The summed E-state index contributed by atoms with van der Waals surface area (Å²) in [6, 6.07) is 0. The molecule has 1 aromatic heterocycles. The van der Waals surface area contributed by atoms with Crippen molar-refractivity contribution in [2.45, 2.75) is 6.42 Å². The Kier molecular flexibility index (Phi) is 3.45. The highest BCUT2D eigenvalue weighted by Crippen LogP contribution is 1.87. The SMILES string of the molecule is COC(=O)CC#Cc1cnccn1. The van der Waals surface area contributed by atoms with Gasteiger partial charge >= 0.3 is 5.97 Å². The Balaban J connectivity index is 2.54. The van der Waals surface area contributed by atoms with Crippen LogP contribution >= 0.6 is 0 Å². The molecule has 0 aromatic carbocycles. The molecule has 66 valence electrons. The minimum atomic E-state index is -0.351. The minimum Gasteiger partial charge on any atom is -0.468 e. The Morgan fingerprint density at radius 1 is 1.62 bits per heavy atom. The summed E-state index contributed by atoms with van der Waals surface area (Å²) in [6.45, 7) is 0. The second-order valence-corrected chi connectivity index (χ2v) is 2.15. The van der Waals surface area contributed by atoms with Crippen LogP contribution in [0.5, 0.6) is 0 Å². The van der Waals surface area contributed by atoms with Gasteiger partial charge in [-0.2, -0.15) is 0 Å². The van der Waals surface area contributed by atoms with E-state index in [0.29, 0.717) is 5.69 Å². The van der Waals surface area contributed by atoms with E-state index >= 15 is 0 Å². The molecule has 0 aliphatic heterocycles. The predicted octanol–water partition coefficient (Wildman–Crippen LogP) is 0.391. The van der Waals surface area contributed by atoms with Gasteiger partial charge in [0, 0.05) is 12.4 Å². The van der Waals surface area contributed by atoms with Gasteiger partial charge in [0.2, 0.25) is 0 Å². The molecule has 0 unspecified atom stereocenters. The molecule has 13 heavy (non-hydrogen) atoms. The number of rotatable bonds is 1. The number of hydrogen-bond acceptors (Lipinski definition) is 4. The third-order valence-electron chi connectivity index (χ3n) is 1.24. The second kappa shape index (κ2) is 4.88. The average Bonchev–Trinajstić information content (AvgIpc) is 2.19. The average molecular weight is 176 g/mol. The monoisotopic (exact) mass is 176 g/mol. The van der Waals surface area contributed by atoms with Gasteiger partial charge in [0.05, 0.1) is 13.3 Å². The number of hydrogen-bond donors (Lipinski definition) is 0. The molecule has 0 spiro atoms. The van der Waals surface area contributed by atoms with Crippen LogP contribution in [0.3, 0.4) is 0 Å². The van der Waals surface area contributed by atoms with Gasteiger partial charge in [-0.3, -0.25) is 9.78 Å². The molecule has 0 aliphatic rings. The topological polar surface area (TPSA) is 52.1 Å². The third kappa shape index (κ3) is 3.34. The summed E-state index contributed by atoms with van der Waals surface area (Å²) in [4.78, 5) is 18.4. The Bertz CT molecular complexity index is 338. The Hall–Kier alpha value is -1.89. The zero-order valence-electron chi connectivity index (χ0n) is 7.15. The van der Waals surface area contributed by atoms with Crippen molar-refractivity contribution in [3.05, 3.63) is 24.3 Å². The van der Waals surface area contributed by atoms with Crippen molar-refractivity contribution in [2.24, 2.45) is 0 Å². The van der Waals surface area contributed by atoms with Gasteiger partial charge < -0.3 is 4.74 Å². The number of nitrogens with zero attached hydrogens (tertiary/aromatic N) is 2. The van der Waals surface area contributed by atoms with Crippen molar-refractivity contribution in [1.82, 2.24) is 9.97 Å². The van der Waals surface area contributed by atoms with E-state index < -0.39 is 0 Å². The van der Waals surface area contributed by atoms with Crippen molar-refractivity contribution in [2.75, 3.05) is 7.11 Å². The maximum absolute atomic E-state index is 10.6. The maximum Gasteiger partial charge on any atom is 0.317 e. The lowest BCUT2D eigenvalue weighted by atomic mass is 10.4. The molecule has 4 heteroatoms. The molecule has 1 aromatic rings. The summed E-state index contributed by atoms with van der Waals surface area (Å²) in [7, 11) is 1.33. The first-order chi connectivity index (χ1) is 6.33. The number of carbonyl (C=O) groups excluding carboxylic acids is 1. The van der Waals surface area contributed by atoms with Crippen LogP contribution in [-0.2, 0) is 9.53 Å². The van der Waals surface area contributed by atoms with Crippen LogP contribution in [0.1, 0.15) is 12.1 Å². The van der Waals surface area contributed by atoms with Gasteiger partial charge in [-0.25, -0.2) is 4.98 Å². The molecule has 0 fully saturated rings. The Morgan fingerprint density at radius 3 is 3.08 bits per heavy atom. The van der Waals surface area contributed by atoms with Crippen molar-refractivity contribution in [1.29, 1.82) is 0 Å². The molecule has 0 N–H and O–H groups in total. The van der Waals surface area contributed by atoms with Crippen LogP contribution < -0.4 is 0 Å². The highest BCUT2D eigenvalue weighted by molar-refractivity contribution is 5.72. The van der Waals surface area contributed by atoms with Gasteiger partial charge in [-0.15, -0.1) is 0 Å². The van der Waals surface area contributed by atoms with Crippen LogP contribution in [0.2, 0.25) is 0 Å². The van der Waals surface area contributed by atoms with E-state index in [2.05, 4.69) is 26.5 Å². The molecule has 1 heterocycles. The van der Waals surface area contributed by atoms with Crippen molar-refractivity contribution >= 4 is 5.97 Å². The number of esters is 1. The zero-order valence-corrected chi connectivity index (χ0v) is 7.15. The molecule has 4 nitrogen and oxygen atoms in total. The highest BCUT2D eigenvalue weighted by Gasteiger charge is 1.93. The van der Waals surface area contributed by atoms with E-state index in [4.69, 9.17) is 0 Å². The van der Waals surface area contributed by atoms with Crippen LogP contribution in [0, 0.1) is 11.8 Å². The van der Waals surface area contributed by atoms with Gasteiger partial charge in [0.25, 0.3) is 0 Å². The molecule has 0 aliphatic carbocycles. The highest BCUT2D eigenvalue weighted by atomic mass is 16.5. The Labute approximate surface area is 76.0 Å². The zero-order chi connectivity index (χ0) is 9.52. The van der Waals surface area contributed by atoms with Gasteiger partial charge in [-0.1, -0.05) is 5.92 Å². The number of ether oxygens (including phenoxy) is 1. The van der Waals surface area contributed by atoms with Crippen LogP contribution in [0.15, 0.2) is 18.6 Å². The van der Waals surface area contributed by atoms with E-state index in [1.54, 1.807) is 12.4 Å². The first kappa shape index (κ1) is 9.20. The number of methoxy groups -OCH3 is 1. The second-order valence-electron chi connectivity index (χ2n) is 2.15. The van der Waals surface area contributed by atoms with Crippen molar-refractivity contribution < 1.29 is 9.53 Å². The molecule has 0 radical (unpaired) electrons. The van der Waals surface area contributed by atoms with Gasteiger partial charge in [-0.05, 0) is 5.92 Å². The first-order valence-corrected chi connectivity index (χ1v) is 3.64. The molecular formula is C9H8N2O2. The molecule has 1 rings (SSSR count). The molecular weight excluding hydrogens is 168 g/mol. The normalized spacial score (nSPS) is 8.38. The van der Waals surface area contributed by atoms with E-state index in [1.807, 2.05) is 0 Å². The lowest BCUT2D eigenvalue weighted by Gasteiger charge is -1.89.